The standard InChI is InChI=1S/C6H5F3N2S3/c7-3(4(8)9)1-2-13-6-11-10-5(12)14-6/h1-2H2,(H,10,12). The van der Waals surface area contributed by atoms with E-state index in [0.29, 0.717) is 8.29 Å². The Kier molecular flexibility index (Phi) is 4.63. The zero-order chi connectivity index (χ0) is 10.6. The summed E-state index contributed by atoms with van der Waals surface area (Å²) < 4.78 is 36.7. The minimum Gasteiger partial charge on any atom is -0.257 e. The molecule has 1 aromatic heterocycles. The van der Waals surface area contributed by atoms with E-state index in [0.717, 1.165) is 0 Å². The van der Waals surface area contributed by atoms with Crippen LogP contribution in [0.5, 0.6) is 0 Å². The van der Waals surface area contributed by atoms with E-state index in [4.69, 9.17) is 12.2 Å². The van der Waals surface area contributed by atoms with Crippen molar-refractivity contribution >= 4 is 35.3 Å². The van der Waals surface area contributed by atoms with Gasteiger partial charge in [0.25, 0.3) is 0 Å². The van der Waals surface area contributed by atoms with E-state index >= 15 is 0 Å². The number of aromatic amines is 1. The fourth-order valence-corrected chi connectivity index (χ4v) is 2.68. The first-order valence-corrected chi connectivity index (χ1v) is 5.68. The van der Waals surface area contributed by atoms with Gasteiger partial charge in [0, 0.05) is 12.2 Å². The number of halogens is 3. The molecule has 0 radical (unpaired) electrons. The molecular weight excluding hydrogens is 253 g/mol. The molecule has 0 atom stereocenters. The van der Waals surface area contributed by atoms with Crippen LogP contribution < -0.4 is 0 Å². The Morgan fingerprint density at radius 1 is 1.50 bits per heavy atom. The fourth-order valence-electron chi connectivity index (χ4n) is 0.600. The highest BCUT2D eigenvalue weighted by Crippen LogP contribution is 2.23. The van der Waals surface area contributed by atoms with Crippen molar-refractivity contribution in [1.29, 1.82) is 0 Å². The third-order valence-corrected chi connectivity index (χ3v) is 3.40. The highest BCUT2D eigenvalue weighted by Gasteiger charge is 2.06. The predicted molar refractivity (Wildman–Crippen MR) is 53.0 cm³/mol. The molecular formula is C6H5F3N2S3. The molecule has 0 aromatic carbocycles. The summed E-state index contributed by atoms with van der Waals surface area (Å²) in [6.07, 6.45) is -2.54. The molecule has 0 saturated carbocycles. The highest BCUT2D eigenvalue weighted by molar-refractivity contribution is 8.01. The van der Waals surface area contributed by atoms with Crippen LogP contribution in [-0.2, 0) is 0 Å². The van der Waals surface area contributed by atoms with Crippen molar-refractivity contribution < 1.29 is 13.2 Å². The number of H-pyrrole nitrogens is 1. The summed E-state index contributed by atoms with van der Waals surface area (Å²) in [6.45, 7) is 0. The number of hydrogen-bond acceptors (Lipinski definition) is 4. The van der Waals surface area contributed by atoms with Crippen LogP contribution >= 0.6 is 35.3 Å². The smallest absolute Gasteiger partial charge is 0.257 e. The van der Waals surface area contributed by atoms with Gasteiger partial charge in [0.2, 0.25) is 0 Å². The number of nitrogens with zero attached hydrogens (tertiary/aromatic N) is 1. The summed E-state index contributed by atoms with van der Waals surface area (Å²) in [4.78, 5) is 0. The van der Waals surface area contributed by atoms with Crippen LogP contribution in [0.3, 0.4) is 0 Å². The van der Waals surface area contributed by atoms with Crippen molar-refractivity contribution in [2.75, 3.05) is 5.75 Å². The Morgan fingerprint density at radius 3 is 2.71 bits per heavy atom. The molecule has 1 heterocycles. The molecule has 0 aliphatic heterocycles. The molecule has 0 aliphatic carbocycles. The quantitative estimate of drug-likeness (QED) is 0.658. The molecule has 78 valence electrons. The molecule has 0 amide bonds. The topological polar surface area (TPSA) is 28.7 Å². The Morgan fingerprint density at radius 2 is 2.21 bits per heavy atom. The lowest BCUT2D eigenvalue weighted by Crippen LogP contribution is -1.82. The minimum absolute atomic E-state index is 0.222. The molecule has 14 heavy (non-hydrogen) atoms. The van der Waals surface area contributed by atoms with Gasteiger partial charge in [0.05, 0.1) is 0 Å². The van der Waals surface area contributed by atoms with Crippen molar-refractivity contribution in [3.63, 3.8) is 0 Å². The van der Waals surface area contributed by atoms with Crippen LogP contribution in [-0.4, -0.2) is 16.0 Å². The van der Waals surface area contributed by atoms with Crippen LogP contribution in [0.1, 0.15) is 6.42 Å². The second-order valence-electron chi connectivity index (χ2n) is 2.14. The largest absolute Gasteiger partial charge is 0.301 e. The summed E-state index contributed by atoms with van der Waals surface area (Å²) >= 11 is 7.18. The lowest BCUT2D eigenvalue weighted by Gasteiger charge is -1.93. The van der Waals surface area contributed by atoms with Gasteiger partial charge in [-0.3, -0.25) is 5.10 Å². The first-order chi connectivity index (χ1) is 6.59. The third-order valence-electron chi connectivity index (χ3n) is 1.17. The first-order valence-electron chi connectivity index (χ1n) is 3.47. The van der Waals surface area contributed by atoms with E-state index in [9.17, 15) is 13.2 Å². The van der Waals surface area contributed by atoms with Crippen LogP contribution in [0.4, 0.5) is 13.2 Å². The van der Waals surface area contributed by atoms with Gasteiger partial charge in [-0.05, 0) is 12.2 Å². The molecule has 1 aromatic rings. The van der Waals surface area contributed by atoms with Gasteiger partial charge < -0.3 is 0 Å². The molecule has 1 rings (SSSR count). The zero-order valence-corrected chi connectivity index (χ0v) is 9.17. The van der Waals surface area contributed by atoms with Crippen molar-refractivity contribution in [3.8, 4) is 0 Å². The maximum absolute atomic E-state index is 12.3. The number of thioether (sulfide) groups is 1. The van der Waals surface area contributed by atoms with Gasteiger partial charge in [0.1, 0.15) is 0 Å². The molecule has 0 saturated heterocycles. The van der Waals surface area contributed by atoms with Crippen LogP contribution in [0.2, 0.25) is 0 Å². The summed E-state index contributed by atoms with van der Waals surface area (Å²) in [5.41, 5.74) is 0. The SMILES string of the molecule is FC(F)=C(F)CCSc1n[nH]c(=S)s1. The monoisotopic (exact) mass is 258 g/mol. The van der Waals surface area contributed by atoms with Crippen molar-refractivity contribution in [3.05, 3.63) is 15.9 Å². The Hall–Kier alpha value is -0.340. The number of hydrogen-bond donors (Lipinski definition) is 1. The summed E-state index contributed by atoms with van der Waals surface area (Å²) in [5.74, 6) is -1.14. The van der Waals surface area contributed by atoms with Crippen molar-refractivity contribution in [2.24, 2.45) is 0 Å². The van der Waals surface area contributed by atoms with E-state index in [1.165, 1.54) is 23.1 Å². The molecule has 2 nitrogen and oxygen atoms in total. The van der Waals surface area contributed by atoms with Gasteiger partial charge in [-0.1, -0.05) is 23.1 Å². The van der Waals surface area contributed by atoms with Gasteiger partial charge in [-0.25, -0.2) is 4.39 Å². The van der Waals surface area contributed by atoms with Gasteiger partial charge in [0.15, 0.2) is 14.1 Å². The summed E-state index contributed by atoms with van der Waals surface area (Å²) in [5, 5.41) is 6.32. The predicted octanol–water partition coefficient (Wildman–Crippen LogP) is 3.76. The van der Waals surface area contributed by atoms with Gasteiger partial charge >= 0.3 is 6.08 Å². The lowest BCUT2D eigenvalue weighted by atomic mass is 10.4. The maximum Gasteiger partial charge on any atom is 0.301 e. The minimum atomic E-state index is -2.25. The molecule has 1 N–H and O–H groups in total. The second-order valence-corrected chi connectivity index (χ2v) is 5.15. The Labute approximate surface area is 91.2 Å². The molecule has 0 spiro atoms. The summed E-state index contributed by atoms with van der Waals surface area (Å²) in [6, 6.07) is 0. The second kappa shape index (κ2) is 5.52. The van der Waals surface area contributed by atoms with E-state index in [1.807, 2.05) is 0 Å². The molecule has 0 unspecified atom stereocenters. The van der Waals surface area contributed by atoms with Crippen LogP contribution in [0.25, 0.3) is 0 Å². The van der Waals surface area contributed by atoms with E-state index < -0.39 is 11.9 Å². The lowest BCUT2D eigenvalue weighted by molar-refractivity contribution is 0.373. The number of allylic oxidation sites excluding steroid dienone is 1. The van der Waals surface area contributed by atoms with Crippen molar-refractivity contribution in [2.45, 2.75) is 10.8 Å². The zero-order valence-electron chi connectivity index (χ0n) is 6.72. The maximum atomic E-state index is 12.3. The Bertz CT molecular complexity index is 380. The summed E-state index contributed by atoms with van der Waals surface area (Å²) in [7, 11) is 0. The van der Waals surface area contributed by atoms with Gasteiger partial charge in [-0.2, -0.15) is 13.9 Å². The highest BCUT2D eigenvalue weighted by atomic mass is 32.2. The normalized spacial score (nSPS) is 10.2. The Balaban J connectivity index is 2.36. The van der Waals surface area contributed by atoms with Crippen molar-refractivity contribution in [1.82, 2.24) is 10.2 Å². The molecule has 0 fully saturated rings. The number of rotatable bonds is 4. The number of aromatic nitrogens is 2. The molecule has 0 aliphatic rings. The molecule has 8 heteroatoms. The first kappa shape index (κ1) is 11.7. The molecule has 0 bridgehead atoms. The van der Waals surface area contributed by atoms with Crippen LogP contribution in [0.15, 0.2) is 16.2 Å². The van der Waals surface area contributed by atoms with E-state index in [1.54, 1.807) is 0 Å². The van der Waals surface area contributed by atoms with E-state index in [-0.39, 0.29) is 12.2 Å². The van der Waals surface area contributed by atoms with Gasteiger partial charge in [-0.15, -0.1) is 0 Å². The third kappa shape index (κ3) is 3.81. The van der Waals surface area contributed by atoms with E-state index in [2.05, 4.69) is 10.2 Å². The number of nitrogens with one attached hydrogen (secondary N) is 1. The fraction of sp³-hybridized carbons (Fsp3) is 0.333. The average molecular weight is 258 g/mol. The van der Waals surface area contributed by atoms with Crippen LogP contribution in [0, 0.1) is 3.95 Å². The average Bonchev–Trinajstić information content (AvgIpc) is 2.51.